The summed E-state index contributed by atoms with van der Waals surface area (Å²) in [4.78, 5) is 23.2. The molecular weight excluding hydrogens is 196 g/mol. The zero-order valence-electron chi connectivity index (χ0n) is 9.06. The summed E-state index contributed by atoms with van der Waals surface area (Å²) < 4.78 is 9.53. The van der Waals surface area contributed by atoms with E-state index in [1.165, 1.54) is 14.2 Å². The smallest absolute Gasteiger partial charge is 0.309 e. The molecule has 2 aliphatic rings. The van der Waals surface area contributed by atoms with Crippen LogP contribution in [0, 0.1) is 23.7 Å². The third-order valence-electron chi connectivity index (χ3n) is 3.86. The molecule has 0 aromatic carbocycles. The maximum Gasteiger partial charge on any atom is 0.309 e. The van der Waals surface area contributed by atoms with E-state index in [2.05, 4.69) is 0 Å². The Hall–Kier alpha value is -1.06. The molecule has 2 rings (SSSR count). The van der Waals surface area contributed by atoms with E-state index in [9.17, 15) is 9.59 Å². The summed E-state index contributed by atoms with van der Waals surface area (Å²) in [6.07, 6.45) is 3.05. The first-order chi connectivity index (χ1) is 7.19. The molecule has 0 amide bonds. The number of carbonyl (C=O) groups excluding carboxylic acids is 2. The topological polar surface area (TPSA) is 52.6 Å². The van der Waals surface area contributed by atoms with Gasteiger partial charge in [0.2, 0.25) is 0 Å². The molecular formula is C11H16O4. The van der Waals surface area contributed by atoms with E-state index in [0.717, 1.165) is 19.3 Å². The average molecular weight is 212 g/mol. The van der Waals surface area contributed by atoms with Gasteiger partial charge in [-0.2, -0.15) is 0 Å². The van der Waals surface area contributed by atoms with Crippen molar-refractivity contribution in [3.05, 3.63) is 0 Å². The molecule has 4 heteroatoms. The van der Waals surface area contributed by atoms with Crippen LogP contribution in [0.2, 0.25) is 0 Å². The molecule has 0 spiro atoms. The van der Waals surface area contributed by atoms with Crippen LogP contribution in [0.1, 0.15) is 19.3 Å². The minimum absolute atomic E-state index is 0.252. The number of ether oxygens (including phenoxy) is 2. The van der Waals surface area contributed by atoms with Crippen LogP contribution in [0.4, 0.5) is 0 Å². The number of methoxy groups -OCH3 is 2. The van der Waals surface area contributed by atoms with Gasteiger partial charge in [0, 0.05) is 0 Å². The highest BCUT2D eigenvalue weighted by molar-refractivity contribution is 5.83. The number of esters is 2. The molecule has 0 unspecified atom stereocenters. The van der Waals surface area contributed by atoms with E-state index in [0.29, 0.717) is 11.8 Å². The van der Waals surface area contributed by atoms with Crippen LogP contribution in [-0.4, -0.2) is 26.2 Å². The molecule has 0 aromatic rings. The number of fused-ring (bicyclic) bond motifs is 2. The third kappa shape index (κ3) is 1.52. The van der Waals surface area contributed by atoms with Gasteiger partial charge >= 0.3 is 11.9 Å². The fourth-order valence-electron chi connectivity index (χ4n) is 3.24. The molecule has 0 N–H and O–H groups in total. The van der Waals surface area contributed by atoms with E-state index >= 15 is 0 Å². The Morgan fingerprint density at radius 3 is 1.67 bits per heavy atom. The lowest BCUT2D eigenvalue weighted by Crippen LogP contribution is -2.36. The van der Waals surface area contributed by atoms with Gasteiger partial charge in [-0.3, -0.25) is 9.59 Å². The number of hydrogen-bond acceptors (Lipinski definition) is 4. The molecule has 0 radical (unpaired) electrons. The van der Waals surface area contributed by atoms with Crippen LogP contribution in [0.15, 0.2) is 0 Å². The van der Waals surface area contributed by atoms with Gasteiger partial charge in [-0.05, 0) is 31.1 Å². The maximum absolute atomic E-state index is 11.6. The minimum atomic E-state index is -0.263. The van der Waals surface area contributed by atoms with Crippen molar-refractivity contribution in [2.45, 2.75) is 19.3 Å². The van der Waals surface area contributed by atoms with E-state index in [1.54, 1.807) is 0 Å². The van der Waals surface area contributed by atoms with Crippen molar-refractivity contribution in [3.8, 4) is 0 Å². The summed E-state index contributed by atoms with van der Waals surface area (Å²) in [6.45, 7) is 0. The summed E-state index contributed by atoms with van der Waals surface area (Å²) in [5, 5.41) is 0. The third-order valence-corrected chi connectivity index (χ3v) is 3.86. The molecule has 0 aliphatic heterocycles. The standard InChI is InChI=1S/C11H16O4/c1-14-10(12)8-6-3-4-7(5-6)9(8)11(13)15-2/h6-9H,3-5H2,1-2H3/t6-,7+,8-,9+. The van der Waals surface area contributed by atoms with E-state index in [-0.39, 0.29) is 23.8 Å². The second-order valence-corrected chi connectivity index (χ2v) is 4.43. The second-order valence-electron chi connectivity index (χ2n) is 4.43. The van der Waals surface area contributed by atoms with Crippen LogP contribution >= 0.6 is 0 Å². The Morgan fingerprint density at radius 1 is 0.933 bits per heavy atom. The highest BCUT2D eigenvalue weighted by Crippen LogP contribution is 2.52. The van der Waals surface area contributed by atoms with Gasteiger partial charge in [0.1, 0.15) is 0 Å². The van der Waals surface area contributed by atoms with Crippen molar-refractivity contribution in [1.82, 2.24) is 0 Å². The largest absolute Gasteiger partial charge is 0.469 e. The highest BCUT2D eigenvalue weighted by Gasteiger charge is 2.54. The van der Waals surface area contributed by atoms with E-state index in [1.807, 2.05) is 0 Å². The Bertz CT molecular complexity index is 258. The van der Waals surface area contributed by atoms with Crippen LogP contribution in [0.3, 0.4) is 0 Å². The first-order valence-corrected chi connectivity index (χ1v) is 5.34. The molecule has 2 saturated carbocycles. The Kier molecular flexibility index (Phi) is 2.67. The molecule has 2 fully saturated rings. The lowest BCUT2D eigenvalue weighted by atomic mass is 9.79. The lowest BCUT2D eigenvalue weighted by Gasteiger charge is -2.26. The molecule has 4 nitrogen and oxygen atoms in total. The summed E-state index contributed by atoms with van der Waals surface area (Å²) in [6, 6.07) is 0. The lowest BCUT2D eigenvalue weighted by molar-refractivity contribution is -0.160. The van der Waals surface area contributed by atoms with Crippen molar-refractivity contribution < 1.29 is 19.1 Å². The van der Waals surface area contributed by atoms with Gasteiger partial charge in [-0.25, -0.2) is 0 Å². The number of carbonyl (C=O) groups is 2. The van der Waals surface area contributed by atoms with Crippen molar-refractivity contribution in [1.29, 1.82) is 0 Å². The fourth-order valence-corrected chi connectivity index (χ4v) is 3.24. The monoisotopic (exact) mass is 212 g/mol. The van der Waals surface area contributed by atoms with Crippen LogP contribution < -0.4 is 0 Å². The molecule has 0 saturated heterocycles. The summed E-state index contributed by atoms with van der Waals surface area (Å²) in [5.41, 5.74) is 0. The first-order valence-electron chi connectivity index (χ1n) is 5.34. The Labute approximate surface area is 88.9 Å². The van der Waals surface area contributed by atoms with Crippen molar-refractivity contribution in [3.63, 3.8) is 0 Å². The van der Waals surface area contributed by atoms with Crippen molar-refractivity contribution >= 4 is 11.9 Å². The van der Waals surface area contributed by atoms with Gasteiger partial charge in [0.25, 0.3) is 0 Å². The normalized spacial score (nSPS) is 37.7. The first kappa shape index (κ1) is 10.5. The summed E-state index contributed by atoms with van der Waals surface area (Å²) in [7, 11) is 2.76. The molecule has 2 aliphatic carbocycles. The van der Waals surface area contributed by atoms with Gasteiger partial charge in [-0.1, -0.05) is 0 Å². The zero-order valence-corrected chi connectivity index (χ0v) is 9.06. The predicted molar refractivity (Wildman–Crippen MR) is 51.8 cm³/mol. The van der Waals surface area contributed by atoms with E-state index < -0.39 is 0 Å². The van der Waals surface area contributed by atoms with Crippen LogP contribution in [0.25, 0.3) is 0 Å². The number of hydrogen-bond donors (Lipinski definition) is 0. The minimum Gasteiger partial charge on any atom is -0.469 e. The van der Waals surface area contributed by atoms with Gasteiger partial charge in [0.05, 0.1) is 26.1 Å². The van der Waals surface area contributed by atoms with Crippen LogP contribution in [0.5, 0.6) is 0 Å². The quantitative estimate of drug-likeness (QED) is 0.641. The molecule has 0 aromatic heterocycles. The SMILES string of the molecule is COC(=O)[C@@H]1[C@@H]2CC[C@@H](C2)[C@@H]1C(=O)OC. The highest BCUT2D eigenvalue weighted by atomic mass is 16.5. The molecule has 0 heterocycles. The van der Waals surface area contributed by atoms with E-state index in [4.69, 9.17) is 9.47 Å². The number of rotatable bonds is 2. The van der Waals surface area contributed by atoms with Crippen molar-refractivity contribution in [2.24, 2.45) is 23.7 Å². The molecule has 84 valence electrons. The molecule has 2 bridgehead atoms. The fraction of sp³-hybridized carbons (Fsp3) is 0.818. The average Bonchev–Trinajstić information content (AvgIpc) is 2.86. The van der Waals surface area contributed by atoms with Gasteiger partial charge in [-0.15, -0.1) is 0 Å². The van der Waals surface area contributed by atoms with Gasteiger partial charge < -0.3 is 9.47 Å². The second kappa shape index (κ2) is 3.83. The Balaban J connectivity index is 2.19. The van der Waals surface area contributed by atoms with Crippen molar-refractivity contribution in [2.75, 3.05) is 14.2 Å². The predicted octanol–water partition coefficient (Wildman–Crippen LogP) is 0.995. The summed E-state index contributed by atoms with van der Waals surface area (Å²) >= 11 is 0. The van der Waals surface area contributed by atoms with Gasteiger partial charge in [0.15, 0.2) is 0 Å². The maximum atomic E-state index is 11.6. The summed E-state index contributed by atoms with van der Waals surface area (Å²) in [5.74, 6) is -0.379. The zero-order chi connectivity index (χ0) is 11.0. The Morgan fingerprint density at radius 2 is 1.33 bits per heavy atom. The molecule has 15 heavy (non-hydrogen) atoms. The molecule has 4 atom stereocenters. The van der Waals surface area contributed by atoms with Crippen LogP contribution in [-0.2, 0) is 19.1 Å².